The Morgan fingerprint density at radius 2 is 1.73 bits per heavy atom. The molecule has 3 amide bonds. The molecule has 3 N–H and O–H groups in total. The molecule has 3 fully saturated rings. The summed E-state index contributed by atoms with van der Waals surface area (Å²) in [6, 6.07) is 4.41. The highest BCUT2D eigenvalue weighted by Crippen LogP contribution is 2.32. The molecule has 1 spiro atoms. The fourth-order valence-corrected chi connectivity index (χ4v) is 5.16. The minimum absolute atomic E-state index is 0.0267. The number of carbonyl (C=O) groups excluding carboxylic acids is 2. The molecule has 3 aliphatic rings. The Hall–Kier alpha value is -2.19. The summed E-state index contributed by atoms with van der Waals surface area (Å²) in [5, 5.41) is 3.03. The van der Waals surface area contributed by atoms with Gasteiger partial charge in [0.15, 0.2) is 6.67 Å². The molecule has 164 valence electrons. The number of urea groups is 1. The zero-order valence-electron chi connectivity index (χ0n) is 17.8. The third kappa shape index (κ3) is 4.30. The van der Waals surface area contributed by atoms with E-state index in [9.17, 15) is 14.0 Å². The normalized spacial score (nSPS) is 26.5. The molecule has 2 saturated heterocycles. The smallest absolute Gasteiger partial charge is 0.329 e. The van der Waals surface area contributed by atoms with E-state index in [0.29, 0.717) is 19.0 Å². The molecule has 0 radical (unpaired) electrons. The monoisotopic (exact) mass is 420 g/mol. The van der Waals surface area contributed by atoms with Crippen LogP contribution in [0.2, 0.25) is 0 Å². The number of halogens is 1. The van der Waals surface area contributed by atoms with E-state index in [1.54, 1.807) is 19.2 Å². The molecule has 0 unspecified atom stereocenters. The van der Waals surface area contributed by atoms with Crippen LogP contribution in [0.1, 0.15) is 44.1 Å². The van der Waals surface area contributed by atoms with Crippen LogP contribution in [0.5, 0.6) is 5.75 Å². The molecular formula is C22H33FN4O3+2. The summed E-state index contributed by atoms with van der Waals surface area (Å²) in [5.41, 5.74) is 0.217. The van der Waals surface area contributed by atoms with E-state index in [1.165, 1.54) is 20.8 Å². The van der Waals surface area contributed by atoms with E-state index in [0.717, 1.165) is 70.3 Å². The quantitative estimate of drug-likeness (QED) is 0.574. The van der Waals surface area contributed by atoms with E-state index in [-0.39, 0.29) is 17.8 Å². The summed E-state index contributed by atoms with van der Waals surface area (Å²) >= 11 is 0. The predicted octanol–water partition coefficient (Wildman–Crippen LogP) is -0.280. The van der Waals surface area contributed by atoms with Crippen molar-refractivity contribution in [2.75, 3.05) is 40.0 Å². The number of rotatable bonds is 5. The van der Waals surface area contributed by atoms with Crippen molar-refractivity contribution in [2.24, 2.45) is 0 Å². The lowest BCUT2D eigenvalue weighted by Gasteiger charge is -2.31. The molecule has 4 rings (SSSR count). The van der Waals surface area contributed by atoms with Crippen molar-refractivity contribution in [2.45, 2.75) is 50.6 Å². The summed E-state index contributed by atoms with van der Waals surface area (Å²) in [6.45, 7) is 4.70. The van der Waals surface area contributed by atoms with Crippen LogP contribution in [-0.2, 0) is 11.3 Å². The van der Waals surface area contributed by atoms with Crippen molar-refractivity contribution in [1.29, 1.82) is 0 Å². The number of nitrogens with zero attached hydrogens (tertiary/aromatic N) is 1. The van der Waals surface area contributed by atoms with Crippen molar-refractivity contribution in [3.05, 3.63) is 29.6 Å². The van der Waals surface area contributed by atoms with Crippen LogP contribution in [0.4, 0.5) is 9.18 Å². The van der Waals surface area contributed by atoms with Gasteiger partial charge in [-0.2, -0.15) is 0 Å². The first-order valence-corrected chi connectivity index (χ1v) is 11.1. The number of nitrogens with one attached hydrogen (secondary N) is 3. The highest BCUT2D eigenvalue weighted by molar-refractivity contribution is 6.06. The van der Waals surface area contributed by atoms with Gasteiger partial charge in [0, 0.05) is 0 Å². The van der Waals surface area contributed by atoms with Gasteiger partial charge in [-0.05, 0) is 31.0 Å². The van der Waals surface area contributed by atoms with Gasteiger partial charge in [-0.1, -0.05) is 25.7 Å². The minimum Gasteiger partial charge on any atom is -0.496 e. The van der Waals surface area contributed by atoms with Crippen molar-refractivity contribution in [1.82, 2.24) is 10.2 Å². The number of quaternary nitrogens is 2. The number of imide groups is 1. The molecular weight excluding hydrogens is 387 g/mol. The molecule has 0 atom stereocenters. The molecule has 30 heavy (non-hydrogen) atoms. The number of piperazine rings is 1. The largest absolute Gasteiger partial charge is 0.496 e. The van der Waals surface area contributed by atoms with Crippen LogP contribution in [-0.4, -0.2) is 62.3 Å². The second-order valence-corrected chi connectivity index (χ2v) is 8.95. The Balaban J connectivity index is 1.32. The Labute approximate surface area is 177 Å². The molecule has 2 aliphatic heterocycles. The van der Waals surface area contributed by atoms with Gasteiger partial charge < -0.3 is 19.9 Å². The highest BCUT2D eigenvalue weighted by atomic mass is 19.1. The fourth-order valence-electron chi connectivity index (χ4n) is 5.16. The van der Waals surface area contributed by atoms with Gasteiger partial charge in [0.2, 0.25) is 0 Å². The maximum absolute atomic E-state index is 13.6. The lowest BCUT2D eigenvalue weighted by atomic mass is 9.90. The molecule has 1 aliphatic carbocycles. The Morgan fingerprint density at radius 1 is 1.07 bits per heavy atom. The molecule has 8 heteroatoms. The molecule has 1 saturated carbocycles. The molecule has 1 aromatic rings. The molecule has 7 nitrogen and oxygen atoms in total. The van der Waals surface area contributed by atoms with Crippen LogP contribution in [0.25, 0.3) is 0 Å². The van der Waals surface area contributed by atoms with Crippen molar-refractivity contribution < 1.29 is 28.5 Å². The van der Waals surface area contributed by atoms with E-state index < -0.39 is 5.54 Å². The number of amides is 3. The Morgan fingerprint density at radius 3 is 2.40 bits per heavy atom. The van der Waals surface area contributed by atoms with Crippen LogP contribution in [0.15, 0.2) is 18.2 Å². The van der Waals surface area contributed by atoms with Crippen LogP contribution in [0.3, 0.4) is 0 Å². The third-order valence-electron chi connectivity index (χ3n) is 6.93. The summed E-state index contributed by atoms with van der Waals surface area (Å²) in [7, 11) is 1.60. The fraction of sp³-hybridized carbons (Fsp3) is 0.636. The number of methoxy groups -OCH3 is 1. The third-order valence-corrected chi connectivity index (χ3v) is 6.93. The van der Waals surface area contributed by atoms with Crippen molar-refractivity contribution >= 4 is 11.9 Å². The number of hydrogen-bond acceptors (Lipinski definition) is 3. The van der Waals surface area contributed by atoms with Crippen LogP contribution < -0.4 is 19.9 Å². The van der Waals surface area contributed by atoms with Crippen LogP contribution in [0, 0.1) is 5.82 Å². The molecule has 1 aromatic carbocycles. The Kier molecular flexibility index (Phi) is 6.24. The standard InChI is InChI=1S/C22H31FN4O3/c1-30-19-7-6-18(23)14-17(19)15-25-10-12-26(13-11-25)16-27-20(28)22(24-21(27)29)8-4-2-3-5-9-22/h6-7,14H,2-5,8-13,15-16H2,1H3,(H,24,29)/p+2. The lowest BCUT2D eigenvalue weighted by molar-refractivity contribution is -1.02. The number of benzene rings is 1. The zero-order valence-corrected chi connectivity index (χ0v) is 17.8. The summed E-state index contributed by atoms with van der Waals surface area (Å²) in [6.07, 6.45) is 5.79. The second-order valence-electron chi connectivity index (χ2n) is 8.95. The van der Waals surface area contributed by atoms with Gasteiger partial charge in [-0.25, -0.2) is 14.1 Å². The number of ether oxygens (including phenoxy) is 1. The first kappa shape index (κ1) is 21.1. The summed E-state index contributed by atoms with van der Waals surface area (Å²) in [5.74, 6) is 0.438. The SMILES string of the molecule is COc1ccc(F)cc1C[NH+]1CC[NH+](CN2C(=O)NC3(CCCCCC3)C2=O)CC1. The minimum atomic E-state index is -0.659. The van der Waals surface area contributed by atoms with Gasteiger partial charge in [-0.3, -0.25) is 4.79 Å². The molecule has 0 aromatic heterocycles. The number of hydrogen-bond donors (Lipinski definition) is 3. The zero-order chi connectivity index (χ0) is 21.1. The van der Waals surface area contributed by atoms with Gasteiger partial charge >= 0.3 is 6.03 Å². The summed E-state index contributed by atoms with van der Waals surface area (Å²) in [4.78, 5) is 29.7. The Bertz CT molecular complexity index is 787. The first-order chi connectivity index (χ1) is 14.5. The lowest BCUT2D eigenvalue weighted by Crippen LogP contribution is -3.28. The highest BCUT2D eigenvalue weighted by Gasteiger charge is 2.51. The average molecular weight is 421 g/mol. The average Bonchev–Trinajstić information content (AvgIpc) is 2.90. The topological polar surface area (TPSA) is 67.5 Å². The second kappa shape index (κ2) is 8.89. The number of carbonyl (C=O) groups is 2. The predicted molar refractivity (Wildman–Crippen MR) is 109 cm³/mol. The first-order valence-electron chi connectivity index (χ1n) is 11.1. The van der Waals surface area contributed by atoms with E-state index in [2.05, 4.69) is 5.32 Å². The van der Waals surface area contributed by atoms with Gasteiger partial charge in [0.05, 0.1) is 12.7 Å². The summed E-state index contributed by atoms with van der Waals surface area (Å²) < 4.78 is 19.0. The maximum Gasteiger partial charge on any atom is 0.329 e. The van der Waals surface area contributed by atoms with Crippen molar-refractivity contribution in [3.63, 3.8) is 0 Å². The van der Waals surface area contributed by atoms with E-state index in [1.807, 2.05) is 0 Å². The van der Waals surface area contributed by atoms with Gasteiger partial charge in [0.25, 0.3) is 5.91 Å². The molecule has 0 bridgehead atoms. The van der Waals surface area contributed by atoms with Gasteiger partial charge in [-0.15, -0.1) is 0 Å². The van der Waals surface area contributed by atoms with Crippen molar-refractivity contribution in [3.8, 4) is 5.75 Å². The molecule has 2 heterocycles. The van der Waals surface area contributed by atoms with E-state index >= 15 is 0 Å². The van der Waals surface area contributed by atoms with Gasteiger partial charge in [0.1, 0.15) is 49.8 Å². The van der Waals surface area contributed by atoms with Crippen LogP contribution >= 0.6 is 0 Å². The maximum atomic E-state index is 13.6. The van der Waals surface area contributed by atoms with E-state index in [4.69, 9.17) is 4.74 Å².